The average molecular weight is 408 g/mol. The molecule has 6 N–H and O–H groups in total. The van der Waals surface area contributed by atoms with E-state index >= 15 is 0 Å². The number of hydrogen-bond acceptors (Lipinski definition) is 7. The van der Waals surface area contributed by atoms with E-state index in [2.05, 4.69) is 27.2 Å². The van der Waals surface area contributed by atoms with Crippen molar-refractivity contribution in [3.63, 3.8) is 0 Å². The lowest BCUT2D eigenvalue weighted by Crippen LogP contribution is -1.99. The van der Waals surface area contributed by atoms with Crippen LogP contribution in [0.25, 0.3) is 22.0 Å². The SMILES string of the molecule is CC1CCCCC1.CNC.N=Cc1cc(-c2ccc3ncnc(N)c3c2)cnc1N. The number of anilines is 2. The average Bonchev–Trinajstić information content (AvgIpc) is 2.76. The minimum Gasteiger partial charge on any atom is -0.383 e. The van der Waals surface area contributed by atoms with Crippen molar-refractivity contribution >= 4 is 28.8 Å². The van der Waals surface area contributed by atoms with Crippen molar-refractivity contribution in [2.24, 2.45) is 5.92 Å². The highest BCUT2D eigenvalue weighted by Gasteiger charge is 2.07. The lowest BCUT2D eigenvalue weighted by molar-refractivity contribution is 0.385. The number of nitrogens with zero attached hydrogens (tertiary/aromatic N) is 3. The smallest absolute Gasteiger partial charge is 0.134 e. The molecule has 0 bridgehead atoms. The Bertz CT molecular complexity index is 949. The van der Waals surface area contributed by atoms with Crippen LogP contribution in [-0.2, 0) is 0 Å². The first-order chi connectivity index (χ1) is 14.5. The topological polar surface area (TPSA) is 127 Å². The minimum atomic E-state index is 0.340. The van der Waals surface area contributed by atoms with Gasteiger partial charge in [0.2, 0.25) is 0 Å². The first-order valence-electron chi connectivity index (χ1n) is 10.3. The van der Waals surface area contributed by atoms with Crippen molar-refractivity contribution in [3.8, 4) is 11.1 Å². The molecule has 2 aromatic heterocycles. The molecule has 2 heterocycles. The van der Waals surface area contributed by atoms with Crippen molar-refractivity contribution in [1.82, 2.24) is 20.3 Å². The summed E-state index contributed by atoms with van der Waals surface area (Å²) in [6, 6.07) is 7.53. The molecule has 1 aromatic carbocycles. The molecule has 0 unspecified atom stereocenters. The summed E-state index contributed by atoms with van der Waals surface area (Å²) >= 11 is 0. The second-order valence-electron chi connectivity index (χ2n) is 7.58. The van der Waals surface area contributed by atoms with Crippen LogP contribution in [0.1, 0.15) is 44.6 Å². The van der Waals surface area contributed by atoms with Crippen molar-refractivity contribution in [1.29, 1.82) is 5.41 Å². The van der Waals surface area contributed by atoms with Crippen LogP contribution in [0.5, 0.6) is 0 Å². The van der Waals surface area contributed by atoms with Crippen molar-refractivity contribution in [2.45, 2.75) is 39.0 Å². The summed E-state index contributed by atoms with van der Waals surface area (Å²) in [5.74, 6) is 1.81. The van der Waals surface area contributed by atoms with Crippen LogP contribution in [-0.4, -0.2) is 35.3 Å². The highest BCUT2D eigenvalue weighted by Crippen LogP contribution is 2.26. The number of fused-ring (bicyclic) bond motifs is 1. The fourth-order valence-corrected chi connectivity index (χ4v) is 3.33. The number of benzene rings is 1. The van der Waals surface area contributed by atoms with E-state index in [0.29, 0.717) is 17.2 Å². The number of nitrogens with two attached hydrogens (primary N) is 2. The Labute approximate surface area is 178 Å². The van der Waals surface area contributed by atoms with E-state index in [-0.39, 0.29) is 0 Å². The maximum atomic E-state index is 7.32. The molecule has 0 saturated heterocycles. The lowest BCUT2D eigenvalue weighted by Gasteiger charge is -2.15. The summed E-state index contributed by atoms with van der Waals surface area (Å²) in [4.78, 5) is 12.2. The number of nitrogens with one attached hydrogen (secondary N) is 2. The van der Waals surface area contributed by atoms with Gasteiger partial charge in [-0.25, -0.2) is 15.0 Å². The molecule has 1 fully saturated rings. The molecule has 1 aliphatic rings. The van der Waals surface area contributed by atoms with E-state index < -0.39 is 0 Å². The first-order valence-corrected chi connectivity index (χ1v) is 10.3. The Morgan fingerprint density at radius 3 is 2.27 bits per heavy atom. The Morgan fingerprint density at radius 2 is 1.67 bits per heavy atom. The fourth-order valence-electron chi connectivity index (χ4n) is 3.33. The molecule has 0 amide bonds. The zero-order valence-electron chi connectivity index (χ0n) is 18.2. The maximum absolute atomic E-state index is 7.32. The third kappa shape index (κ3) is 6.49. The Morgan fingerprint density at radius 1 is 0.967 bits per heavy atom. The highest BCUT2D eigenvalue weighted by molar-refractivity contribution is 5.92. The Kier molecular flexibility index (Phi) is 9.15. The van der Waals surface area contributed by atoms with Crippen LogP contribution in [0.3, 0.4) is 0 Å². The van der Waals surface area contributed by atoms with Crippen molar-refractivity contribution in [3.05, 3.63) is 42.4 Å². The van der Waals surface area contributed by atoms with E-state index in [1.165, 1.54) is 44.6 Å². The third-order valence-electron chi connectivity index (χ3n) is 5.00. The van der Waals surface area contributed by atoms with E-state index in [1.54, 1.807) is 6.20 Å². The summed E-state index contributed by atoms with van der Waals surface area (Å²) < 4.78 is 0. The molecule has 0 radical (unpaired) electrons. The molecular formula is C23H33N7. The van der Waals surface area contributed by atoms with Gasteiger partial charge in [-0.15, -0.1) is 0 Å². The van der Waals surface area contributed by atoms with Gasteiger partial charge < -0.3 is 22.2 Å². The van der Waals surface area contributed by atoms with Crippen LogP contribution < -0.4 is 16.8 Å². The molecular weight excluding hydrogens is 374 g/mol. The van der Waals surface area contributed by atoms with Gasteiger partial charge in [-0.05, 0) is 43.8 Å². The molecule has 160 valence electrons. The predicted molar refractivity (Wildman–Crippen MR) is 127 cm³/mol. The summed E-state index contributed by atoms with van der Waals surface area (Å²) in [5, 5.41) is 10.9. The van der Waals surface area contributed by atoms with Crippen molar-refractivity contribution in [2.75, 3.05) is 25.6 Å². The number of nitrogen functional groups attached to an aromatic ring is 2. The molecule has 4 rings (SSSR count). The van der Waals surface area contributed by atoms with Crippen LogP contribution in [0.15, 0.2) is 36.8 Å². The van der Waals surface area contributed by atoms with E-state index in [4.69, 9.17) is 16.9 Å². The van der Waals surface area contributed by atoms with Crippen LogP contribution in [0, 0.1) is 11.3 Å². The molecule has 7 heteroatoms. The zero-order chi connectivity index (χ0) is 21.9. The van der Waals surface area contributed by atoms with E-state index in [9.17, 15) is 0 Å². The van der Waals surface area contributed by atoms with Gasteiger partial charge in [-0.3, -0.25) is 0 Å². The largest absolute Gasteiger partial charge is 0.383 e. The normalized spacial score (nSPS) is 13.6. The van der Waals surface area contributed by atoms with Gasteiger partial charge in [0.1, 0.15) is 18.0 Å². The lowest BCUT2D eigenvalue weighted by atomic mass is 9.91. The van der Waals surface area contributed by atoms with Gasteiger partial charge in [-0.1, -0.05) is 45.1 Å². The molecule has 1 aliphatic carbocycles. The van der Waals surface area contributed by atoms with Gasteiger partial charge >= 0.3 is 0 Å². The number of aromatic nitrogens is 3. The van der Waals surface area contributed by atoms with Gasteiger partial charge in [0, 0.05) is 28.9 Å². The summed E-state index contributed by atoms with van der Waals surface area (Å²) in [6.07, 6.45) is 11.7. The Balaban J connectivity index is 0.000000266. The van der Waals surface area contributed by atoms with Gasteiger partial charge in [0.15, 0.2) is 0 Å². The van der Waals surface area contributed by atoms with Crippen LogP contribution in [0.4, 0.5) is 11.6 Å². The fraction of sp³-hybridized carbons (Fsp3) is 0.391. The van der Waals surface area contributed by atoms with Crippen molar-refractivity contribution < 1.29 is 0 Å². The standard InChI is InChI=1S/C14H12N6.C7H14.C2H7N/c15-5-9-3-10(6-18-13(9)16)8-1-2-12-11(4-8)14(17)20-7-19-12;1-7-5-3-2-4-6-7;1-3-2/h1-7,15H,(H2,16,18)(H2,17,19,20);7H,2-6H2,1H3;3H,1-2H3. The quantitative estimate of drug-likeness (QED) is 0.470. The van der Waals surface area contributed by atoms with Crippen LogP contribution >= 0.6 is 0 Å². The Hall–Kier alpha value is -3.06. The van der Waals surface area contributed by atoms with E-state index in [0.717, 1.165) is 27.9 Å². The molecule has 0 atom stereocenters. The molecule has 0 aliphatic heterocycles. The second-order valence-corrected chi connectivity index (χ2v) is 7.58. The first kappa shape index (κ1) is 23.2. The van der Waals surface area contributed by atoms with Crippen LogP contribution in [0.2, 0.25) is 0 Å². The molecule has 1 saturated carbocycles. The third-order valence-corrected chi connectivity index (χ3v) is 5.00. The monoisotopic (exact) mass is 407 g/mol. The summed E-state index contributed by atoms with van der Waals surface area (Å²) in [7, 11) is 3.75. The van der Waals surface area contributed by atoms with Gasteiger partial charge in [0.05, 0.1) is 5.52 Å². The number of rotatable bonds is 2. The molecule has 3 aromatic rings. The van der Waals surface area contributed by atoms with Gasteiger partial charge in [0.25, 0.3) is 0 Å². The summed E-state index contributed by atoms with van der Waals surface area (Å²) in [6.45, 7) is 2.36. The molecule has 0 spiro atoms. The highest BCUT2D eigenvalue weighted by atomic mass is 14.9. The number of hydrogen-bond donors (Lipinski definition) is 4. The van der Waals surface area contributed by atoms with E-state index in [1.807, 2.05) is 38.4 Å². The molecule has 30 heavy (non-hydrogen) atoms. The second kappa shape index (κ2) is 11.8. The molecule has 7 nitrogen and oxygen atoms in total. The predicted octanol–water partition coefficient (Wildman–Crippen LogP) is 4.28. The van der Waals surface area contributed by atoms with Gasteiger partial charge in [-0.2, -0.15) is 0 Å². The summed E-state index contributed by atoms with van der Waals surface area (Å²) in [5.41, 5.74) is 14.7. The number of pyridine rings is 1. The zero-order valence-corrected chi connectivity index (χ0v) is 18.2. The maximum Gasteiger partial charge on any atom is 0.134 e. The minimum absolute atomic E-state index is 0.340.